The number of nitrogens with zero attached hydrogens (tertiary/aromatic N) is 1. The van der Waals surface area contributed by atoms with E-state index in [1.54, 1.807) is 0 Å². The molecule has 4 nitrogen and oxygen atoms in total. The van der Waals surface area contributed by atoms with Gasteiger partial charge in [-0.2, -0.15) is 0 Å². The Hall–Kier alpha value is -0.370. The van der Waals surface area contributed by atoms with E-state index in [0.29, 0.717) is 19.0 Å². The highest BCUT2D eigenvalue weighted by molar-refractivity contribution is 14.1. The molecule has 0 aromatic heterocycles. The number of carbonyl (C=O) groups is 1. The van der Waals surface area contributed by atoms with Crippen LogP contribution in [0.1, 0.15) is 12.8 Å². The van der Waals surface area contributed by atoms with E-state index in [9.17, 15) is 4.79 Å². The molecule has 1 atom stereocenters. The zero-order chi connectivity index (χ0) is 13.7. The van der Waals surface area contributed by atoms with Gasteiger partial charge in [0, 0.05) is 10.1 Å². The molecule has 1 amide bonds. The first-order valence-corrected chi connectivity index (χ1v) is 7.73. The van der Waals surface area contributed by atoms with Gasteiger partial charge in [-0.25, -0.2) is 0 Å². The van der Waals surface area contributed by atoms with Crippen LogP contribution >= 0.6 is 35.0 Å². The number of hydrogen-bond acceptors (Lipinski definition) is 3. The molecule has 1 unspecified atom stereocenters. The van der Waals surface area contributed by atoms with Gasteiger partial charge in [0.15, 0.2) is 0 Å². The van der Waals surface area contributed by atoms with E-state index in [0.717, 1.165) is 28.8 Å². The lowest BCUT2D eigenvalue weighted by Crippen LogP contribution is -2.42. The second kappa shape index (κ2) is 8.81. The Morgan fingerprint density at radius 3 is 2.90 bits per heavy atom. The lowest BCUT2D eigenvalue weighted by atomic mass is 9.98. The minimum absolute atomic E-state index is 0. The normalized spacial score (nSPS) is 19.2. The lowest BCUT2D eigenvalue weighted by molar-refractivity contribution is -0.117. The summed E-state index contributed by atoms with van der Waals surface area (Å²) in [5, 5.41) is 2.97. The zero-order valence-corrected chi connectivity index (χ0v) is 14.3. The van der Waals surface area contributed by atoms with Crippen LogP contribution in [-0.4, -0.2) is 37.0 Å². The van der Waals surface area contributed by atoms with Crippen molar-refractivity contribution < 1.29 is 4.79 Å². The first kappa shape index (κ1) is 17.7. The van der Waals surface area contributed by atoms with Crippen LogP contribution in [0, 0.1) is 9.49 Å². The SMILES string of the molecule is Cl.NCC1CCCN(CC(=O)Nc2ccccc2I)C1. The van der Waals surface area contributed by atoms with Crippen molar-refractivity contribution in [3.63, 3.8) is 0 Å². The Labute approximate surface area is 140 Å². The molecule has 1 saturated heterocycles. The molecule has 1 aromatic rings. The Morgan fingerprint density at radius 2 is 2.20 bits per heavy atom. The van der Waals surface area contributed by atoms with E-state index < -0.39 is 0 Å². The maximum absolute atomic E-state index is 12.0. The van der Waals surface area contributed by atoms with Crippen molar-refractivity contribution in [2.45, 2.75) is 12.8 Å². The number of nitrogens with one attached hydrogen (secondary N) is 1. The number of likely N-dealkylation sites (tertiary alicyclic amines) is 1. The molecule has 3 N–H and O–H groups in total. The maximum atomic E-state index is 12.0. The molecule has 1 aliphatic rings. The molecule has 0 radical (unpaired) electrons. The fourth-order valence-corrected chi connectivity index (χ4v) is 2.96. The van der Waals surface area contributed by atoms with Gasteiger partial charge in [-0.1, -0.05) is 12.1 Å². The first-order valence-electron chi connectivity index (χ1n) is 6.66. The van der Waals surface area contributed by atoms with Gasteiger partial charge in [-0.15, -0.1) is 12.4 Å². The van der Waals surface area contributed by atoms with Gasteiger partial charge in [-0.3, -0.25) is 9.69 Å². The molecular formula is C14H21ClIN3O. The number of rotatable bonds is 4. The van der Waals surface area contributed by atoms with Crippen LogP contribution < -0.4 is 11.1 Å². The highest BCUT2D eigenvalue weighted by atomic mass is 127. The Morgan fingerprint density at radius 1 is 1.45 bits per heavy atom. The summed E-state index contributed by atoms with van der Waals surface area (Å²) in [6.07, 6.45) is 2.32. The standard InChI is InChI=1S/C14H20IN3O.ClH/c15-12-5-1-2-6-13(12)17-14(19)10-18-7-3-4-11(8-16)9-18;/h1-2,5-6,11H,3-4,7-10,16H2,(H,17,19);1H. The predicted octanol–water partition coefficient (Wildman–Crippen LogP) is 2.32. The van der Waals surface area contributed by atoms with Crippen molar-refractivity contribution in [3.05, 3.63) is 27.8 Å². The number of anilines is 1. The summed E-state index contributed by atoms with van der Waals surface area (Å²) in [6.45, 7) is 3.11. The summed E-state index contributed by atoms with van der Waals surface area (Å²) in [7, 11) is 0. The number of benzene rings is 1. The third-order valence-electron chi connectivity index (χ3n) is 3.45. The van der Waals surface area contributed by atoms with Crippen molar-refractivity contribution in [3.8, 4) is 0 Å². The summed E-state index contributed by atoms with van der Waals surface area (Å²) >= 11 is 2.23. The van der Waals surface area contributed by atoms with Gasteiger partial charge in [0.05, 0.1) is 12.2 Å². The largest absolute Gasteiger partial charge is 0.330 e. The number of nitrogens with two attached hydrogens (primary N) is 1. The first-order chi connectivity index (χ1) is 9.19. The molecule has 6 heteroatoms. The van der Waals surface area contributed by atoms with Crippen molar-refractivity contribution in [2.75, 3.05) is 31.5 Å². The minimum Gasteiger partial charge on any atom is -0.330 e. The third-order valence-corrected chi connectivity index (χ3v) is 4.39. The Bertz CT molecular complexity index is 444. The molecule has 1 heterocycles. The van der Waals surface area contributed by atoms with E-state index >= 15 is 0 Å². The van der Waals surface area contributed by atoms with Crippen LogP contribution in [0.15, 0.2) is 24.3 Å². The molecule has 2 rings (SSSR count). The fraction of sp³-hybridized carbons (Fsp3) is 0.500. The molecule has 112 valence electrons. The number of amides is 1. The topological polar surface area (TPSA) is 58.4 Å². The molecule has 0 spiro atoms. The lowest BCUT2D eigenvalue weighted by Gasteiger charge is -2.31. The highest BCUT2D eigenvalue weighted by Gasteiger charge is 2.20. The third kappa shape index (κ3) is 5.20. The van der Waals surface area contributed by atoms with Crippen LogP contribution in [-0.2, 0) is 4.79 Å². The molecule has 0 aliphatic carbocycles. The number of para-hydroxylation sites is 1. The van der Waals surface area contributed by atoms with Gasteiger partial charge in [0.1, 0.15) is 0 Å². The molecule has 0 saturated carbocycles. The van der Waals surface area contributed by atoms with E-state index in [1.807, 2.05) is 24.3 Å². The minimum atomic E-state index is 0. The van der Waals surface area contributed by atoms with E-state index in [-0.39, 0.29) is 18.3 Å². The second-order valence-electron chi connectivity index (χ2n) is 5.01. The predicted molar refractivity (Wildman–Crippen MR) is 93.3 cm³/mol. The number of piperidine rings is 1. The summed E-state index contributed by atoms with van der Waals surface area (Å²) in [5.74, 6) is 0.597. The van der Waals surface area contributed by atoms with Crippen molar-refractivity contribution in [2.24, 2.45) is 11.7 Å². The van der Waals surface area contributed by atoms with Gasteiger partial charge in [0.25, 0.3) is 0 Å². The summed E-state index contributed by atoms with van der Waals surface area (Å²) in [4.78, 5) is 14.2. The van der Waals surface area contributed by atoms with Crippen molar-refractivity contribution in [1.29, 1.82) is 0 Å². The van der Waals surface area contributed by atoms with E-state index in [4.69, 9.17) is 5.73 Å². The Balaban J connectivity index is 0.00000200. The fourth-order valence-electron chi connectivity index (χ4n) is 2.44. The number of halogens is 2. The van der Waals surface area contributed by atoms with Crippen LogP contribution in [0.2, 0.25) is 0 Å². The van der Waals surface area contributed by atoms with Gasteiger partial charge < -0.3 is 11.1 Å². The Kier molecular flexibility index (Phi) is 7.79. The van der Waals surface area contributed by atoms with E-state index in [1.165, 1.54) is 6.42 Å². The zero-order valence-electron chi connectivity index (χ0n) is 11.3. The number of carbonyl (C=O) groups excluding carboxylic acids is 1. The van der Waals surface area contributed by atoms with Crippen LogP contribution in [0.3, 0.4) is 0 Å². The van der Waals surface area contributed by atoms with Crippen molar-refractivity contribution in [1.82, 2.24) is 4.90 Å². The molecule has 1 aromatic carbocycles. The maximum Gasteiger partial charge on any atom is 0.238 e. The highest BCUT2D eigenvalue weighted by Crippen LogP contribution is 2.18. The van der Waals surface area contributed by atoms with Gasteiger partial charge in [0.2, 0.25) is 5.91 Å². The smallest absolute Gasteiger partial charge is 0.238 e. The average molecular weight is 410 g/mol. The second-order valence-corrected chi connectivity index (χ2v) is 6.17. The van der Waals surface area contributed by atoms with Crippen LogP contribution in [0.5, 0.6) is 0 Å². The van der Waals surface area contributed by atoms with Crippen LogP contribution in [0.25, 0.3) is 0 Å². The molecule has 0 bridgehead atoms. The summed E-state index contributed by atoms with van der Waals surface area (Å²) in [5.41, 5.74) is 6.60. The van der Waals surface area contributed by atoms with Crippen molar-refractivity contribution >= 4 is 46.6 Å². The van der Waals surface area contributed by atoms with Crippen LogP contribution in [0.4, 0.5) is 5.69 Å². The summed E-state index contributed by atoms with van der Waals surface area (Å²) < 4.78 is 1.06. The summed E-state index contributed by atoms with van der Waals surface area (Å²) in [6, 6.07) is 7.82. The molecule has 1 aliphatic heterocycles. The van der Waals surface area contributed by atoms with Gasteiger partial charge >= 0.3 is 0 Å². The molecule has 1 fully saturated rings. The molecular weight excluding hydrogens is 389 g/mol. The monoisotopic (exact) mass is 409 g/mol. The quantitative estimate of drug-likeness (QED) is 0.751. The molecule has 20 heavy (non-hydrogen) atoms. The van der Waals surface area contributed by atoms with E-state index in [2.05, 4.69) is 32.8 Å². The number of hydrogen-bond donors (Lipinski definition) is 2. The van der Waals surface area contributed by atoms with Gasteiger partial charge in [-0.05, 0) is 66.6 Å². The average Bonchev–Trinajstić information content (AvgIpc) is 2.41.